The van der Waals surface area contributed by atoms with Gasteiger partial charge in [-0.3, -0.25) is 0 Å². The van der Waals surface area contributed by atoms with Crippen LogP contribution in [-0.4, -0.2) is 17.1 Å². The minimum Gasteiger partial charge on any atom is -0.497 e. The van der Waals surface area contributed by atoms with E-state index in [1.807, 2.05) is 72.8 Å². The summed E-state index contributed by atoms with van der Waals surface area (Å²) in [5.74, 6) is 1.53. The maximum absolute atomic E-state index is 5.36. The molecule has 4 heteroatoms. The summed E-state index contributed by atoms with van der Waals surface area (Å²) >= 11 is 0. The molecule has 0 aliphatic heterocycles. The highest BCUT2D eigenvalue weighted by atomic mass is 16.5. The number of nitrogens with zero attached hydrogens (tertiary/aromatic N) is 2. The second-order valence-electron chi connectivity index (χ2n) is 6.08. The topological polar surface area (TPSA) is 47.0 Å². The summed E-state index contributed by atoms with van der Waals surface area (Å²) in [5, 5.41) is 3.45. The zero-order chi connectivity index (χ0) is 17.9. The van der Waals surface area contributed by atoms with Crippen molar-refractivity contribution in [2.45, 2.75) is 6.92 Å². The van der Waals surface area contributed by atoms with E-state index in [9.17, 15) is 0 Å². The van der Waals surface area contributed by atoms with Crippen molar-refractivity contribution < 1.29 is 4.74 Å². The third kappa shape index (κ3) is 3.09. The Morgan fingerprint density at radius 3 is 2.23 bits per heavy atom. The van der Waals surface area contributed by atoms with Crippen molar-refractivity contribution in [2.75, 3.05) is 12.4 Å². The van der Waals surface area contributed by atoms with Gasteiger partial charge in [-0.15, -0.1) is 0 Å². The smallest absolute Gasteiger partial charge is 0.157 e. The van der Waals surface area contributed by atoms with Crippen molar-refractivity contribution in [3.63, 3.8) is 0 Å². The quantitative estimate of drug-likeness (QED) is 0.543. The van der Waals surface area contributed by atoms with E-state index in [2.05, 4.69) is 12.2 Å². The number of methoxy groups -OCH3 is 1. The number of aryl methyl sites for hydroxylation is 1. The lowest BCUT2D eigenvalue weighted by molar-refractivity contribution is 0.415. The Hall–Kier alpha value is -3.40. The number of anilines is 2. The van der Waals surface area contributed by atoms with Gasteiger partial charge in [0, 0.05) is 17.3 Å². The van der Waals surface area contributed by atoms with Gasteiger partial charge in [-0.1, -0.05) is 48.5 Å². The maximum Gasteiger partial charge on any atom is 0.157 e. The number of rotatable bonds is 4. The molecule has 0 bridgehead atoms. The summed E-state index contributed by atoms with van der Waals surface area (Å²) in [6.45, 7) is 2.05. The first-order valence-corrected chi connectivity index (χ1v) is 8.48. The summed E-state index contributed by atoms with van der Waals surface area (Å²) in [6.07, 6.45) is 0. The van der Waals surface area contributed by atoms with E-state index in [0.29, 0.717) is 0 Å². The molecule has 1 heterocycles. The Labute approximate surface area is 152 Å². The second kappa shape index (κ2) is 6.84. The van der Waals surface area contributed by atoms with Gasteiger partial charge in [-0.2, -0.15) is 0 Å². The number of hydrogen-bond acceptors (Lipinski definition) is 4. The van der Waals surface area contributed by atoms with Crippen LogP contribution in [0.5, 0.6) is 5.75 Å². The average Bonchev–Trinajstić information content (AvgIpc) is 2.70. The third-order valence-electron chi connectivity index (χ3n) is 4.32. The van der Waals surface area contributed by atoms with E-state index in [4.69, 9.17) is 14.7 Å². The normalized spacial score (nSPS) is 10.7. The minimum absolute atomic E-state index is 0.728. The van der Waals surface area contributed by atoms with E-state index in [1.54, 1.807) is 7.11 Å². The molecule has 1 aromatic heterocycles. The summed E-state index contributed by atoms with van der Waals surface area (Å²) in [7, 11) is 1.67. The summed E-state index contributed by atoms with van der Waals surface area (Å²) < 4.78 is 5.36. The van der Waals surface area contributed by atoms with E-state index in [-0.39, 0.29) is 0 Å². The Kier molecular flexibility index (Phi) is 4.23. The molecule has 26 heavy (non-hydrogen) atoms. The van der Waals surface area contributed by atoms with Crippen molar-refractivity contribution in [1.82, 2.24) is 9.97 Å². The van der Waals surface area contributed by atoms with E-state index < -0.39 is 0 Å². The molecule has 0 spiro atoms. The Morgan fingerprint density at radius 1 is 0.808 bits per heavy atom. The molecule has 4 rings (SSSR count). The Balaban J connectivity index is 1.88. The van der Waals surface area contributed by atoms with Crippen LogP contribution in [0.1, 0.15) is 5.56 Å². The number of fused-ring (bicyclic) bond motifs is 1. The van der Waals surface area contributed by atoms with Gasteiger partial charge < -0.3 is 10.1 Å². The molecule has 0 atom stereocenters. The van der Waals surface area contributed by atoms with Crippen LogP contribution < -0.4 is 10.1 Å². The predicted octanol–water partition coefficient (Wildman–Crippen LogP) is 5.36. The molecular weight excluding hydrogens is 322 g/mol. The highest BCUT2D eigenvalue weighted by Gasteiger charge is 2.12. The first-order chi connectivity index (χ1) is 12.7. The fraction of sp³-hybridized carbons (Fsp3) is 0.0909. The third-order valence-corrected chi connectivity index (χ3v) is 4.32. The predicted molar refractivity (Wildman–Crippen MR) is 106 cm³/mol. The van der Waals surface area contributed by atoms with E-state index in [0.717, 1.165) is 45.1 Å². The number of ether oxygens (including phenoxy) is 1. The zero-order valence-electron chi connectivity index (χ0n) is 14.7. The lowest BCUT2D eigenvalue weighted by Crippen LogP contribution is -2.01. The Morgan fingerprint density at radius 2 is 1.50 bits per heavy atom. The molecule has 0 aliphatic rings. The fourth-order valence-corrected chi connectivity index (χ4v) is 2.87. The van der Waals surface area contributed by atoms with Gasteiger partial charge in [-0.25, -0.2) is 9.97 Å². The fourth-order valence-electron chi connectivity index (χ4n) is 2.87. The maximum atomic E-state index is 5.36. The van der Waals surface area contributed by atoms with Crippen LogP contribution in [0.15, 0.2) is 72.8 Å². The first-order valence-electron chi connectivity index (χ1n) is 8.48. The van der Waals surface area contributed by atoms with Gasteiger partial charge in [0.25, 0.3) is 0 Å². The van der Waals surface area contributed by atoms with Gasteiger partial charge in [0.15, 0.2) is 5.82 Å². The number of benzene rings is 3. The number of nitrogens with one attached hydrogen (secondary N) is 1. The molecule has 0 amide bonds. The van der Waals surface area contributed by atoms with Crippen molar-refractivity contribution in [3.8, 4) is 17.0 Å². The highest BCUT2D eigenvalue weighted by molar-refractivity contribution is 5.85. The van der Waals surface area contributed by atoms with Crippen LogP contribution in [0.2, 0.25) is 0 Å². The molecule has 0 saturated carbocycles. The summed E-state index contributed by atoms with van der Waals surface area (Å²) in [4.78, 5) is 9.69. The molecule has 0 unspecified atom stereocenters. The monoisotopic (exact) mass is 341 g/mol. The van der Waals surface area contributed by atoms with Crippen LogP contribution in [0, 0.1) is 6.92 Å². The van der Waals surface area contributed by atoms with Gasteiger partial charge in [0.05, 0.1) is 18.1 Å². The van der Waals surface area contributed by atoms with Crippen LogP contribution >= 0.6 is 0 Å². The van der Waals surface area contributed by atoms with Gasteiger partial charge in [0.2, 0.25) is 0 Å². The average molecular weight is 341 g/mol. The highest BCUT2D eigenvalue weighted by Crippen LogP contribution is 2.31. The van der Waals surface area contributed by atoms with Crippen molar-refractivity contribution in [3.05, 3.63) is 78.4 Å². The molecule has 0 fully saturated rings. The lowest BCUT2D eigenvalue weighted by Gasteiger charge is -2.14. The summed E-state index contributed by atoms with van der Waals surface area (Å²) in [6, 6.07) is 24.0. The van der Waals surface area contributed by atoms with Crippen molar-refractivity contribution >= 4 is 22.5 Å². The molecule has 3 aromatic carbocycles. The van der Waals surface area contributed by atoms with E-state index >= 15 is 0 Å². The van der Waals surface area contributed by atoms with E-state index in [1.165, 1.54) is 0 Å². The van der Waals surface area contributed by atoms with Crippen molar-refractivity contribution in [1.29, 1.82) is 0 Å². The molecule has 128 valence electrons. The molecule has 0 saturated heterocycles. The number of hydrogen-bond donors (Lipinski definition) is 1. The Bertz CT molecular complexity index is 1060. The zero-order valence-corrected chi connectivity index (χ0v) is 14.7. The molecular formula is C22H19N3O. The molecule has 4 aromatic rings. The van der Waals surface area contributed by atoms with Gasteiger partial charge in [-0.05, 0) is 30.7 Å². The van der Waals surface area contributed by atoms with Crippen LogP contribution in [0.3, 0.4) is 0 Å². The second-order valence-corrected chi connectivity index (χ2v) is 6.08. The summed E-state index contributed by atoms with van der Waals surface area (Å²) in [5.41, 5.74) is 5.64. The minimum atomic E-state index is 0.728. The standard InChI is InChI=1S/C22H19N3O/c1-15-12-13-17(26-2)14-20(15)25-22-21(16-8-4-3-5-9-16)23-18-10-6-7-11-19(18)24-22/h3-14H,1-2H3,(H,24,25). The molecule has 0 aliphatic carbocycles. The first kappa shape index (κ1) is 16.1. The SMILES string of the molecule is COc1ccc(C)c(Nc2nc3ccccc3nc2-c2ccccc2)c1. The largest absolute Gasteiger partial charge is 0.497 e. The molecule has 1 N–H and O–H groups in total. The number of aromatic nitrogens is 2. The molecule has 0 radical (unpaired) electrons. The number of para-hydroxylation sites is 2. The van der Waals surface area contributed by atoms with Crippen LogP contribution in [-0.2, 0) is 0 Å². The molecule has 4 nitrogen and oxygen atoms in total. The van der Waals surface area contributed by atoms with Crippen LogP contribution in [0.4, 0.5) is 11.5 Å². The van der Waals surface area contributed by atoms with Gasteiger partial charge in [0.1, 0.15) is 11.4 Å². The lowest BCUT2D eigenvalue weighted by atomic mass is 10.1. The van der Waals surface area contributed by atoms with Crippen LogP contribution in [0.25, 0.3) is 22.3 Å². The van der Waals surface area contributed by atoms with Gasteiger partial charge >= 0.3 is 0 Å². The van der Waals surface area contributed by atoms with Crippen molar-refractivity contribution in [2.24, 2.45) is 0 Å².